The predicted molar refractivity (Wildman–Crippen MR) is 66.6 cm³/mol. The van der Waals surface area contributed by atoms with Gasteiger partial charge >= 0.3 is 0 Å². The summed E-state index contributed by atoms with van der Waals surface area (Å²) < 4.78 is 5.75. The van der Waals surface area contributed by atoms with E-state index in [4.69, 9.17) is 4.74 Å². The van der Waals surface area contributed by atoms with Crippen molar-refractivity contribution >= 4 is 0 Å². The molecule has 0 aromatic heterocycles. The molecule has 2 rings (SSSR count). The van der Waals surface area contributed by atoms with Crippen molar-refractivity contribution < 1.29 is 4.74 Å². The minimum Gasteiger partial charge on any atom is -0.374 e. The fourth-order valence-corrected chi connectivity index (χ4v) is 2.18. The van der Waals surface area contributed by atoms with Crippen molar-refractivity contribution in [1.29, 1.82) is 0 Å². The third kappa shape index (κ3) is 3.62. The molecule has 1 aromatic rings. The smallest absolute Gasteiger partial charge is 0.0704 e. The van der Waals surface area contributed by atoms with Crippen LogP contribution < -0.4 is 5.32 Å². The maximum Gasteiger partial charge on any atom is 0.0704 e. The second-order valence-electron chi connectivity index (χ2n) is 4.59. The largest absolute Gasteiger partial charge is 0.374 e. The summed E-state index contributed by atoms with van der Waals surface area (Å²) >= 11 is 0. The molecule has 0 saturated carbocycles. The van der Waals surface area contributed by atoms with Crippen molar-refractivity contribution in [3.63, 3.8) is 0 Å². The lowest BCUT2D eigenvalue weighted by Crippen LogP contribution is -2.28. The maximum atomic E-state index is 5.75. The van der Waals surface area contributed by atoms with Crippen LogP contribution >= 0.6 is 0 Å². The van der Waals surface area contributed by atoms with Gasteiger partial charge in [0.25, 0.3) is 0 Å². The summed E-state index contributed by atoms with van der Waals surface area (Å²) in [7, 11) is 0. The van der Waals surface area contributed by atoms with Crippen LogP contribution in [0.5, 0.6) is 0 Å². The van der Waals surface area contributed by atoms with Crippen LogP contribution in [0.25, 0.3) is 0 Å². The van der Waals surface area contributed by atoms with Gasteiger partial charge in [0.05, 0.1) is 12.2 Å². The topological polar surface area (TPSA) is 21.3 Å². The Kier molecular flexibility index (Phi) is 4.37. The van der Waals surface area contributed by atoms with Crippen LogP contribution in [0, 0.1) is 0 Å². The van der Waals surface area contributed by atoms with Gasteiger partial charge in [0.1, 0.15) is 0 Å². The summed E-state index contributed by atoms with van der Waals surface area (Å²) in [6.45, 7) is 4.19. The van der Waals surface area contributed by atoms with Crippen LogP contribution in [0.3, 0.4) is 0 Å². The highest BCUT2D eigenvalue weighted by molar-refractivity contribution is 5.14. The van der Waals surface area contributed by atoms with Crippen LogP contribution in [0.1, 0.15) is 25.3 Å². The Bertz CT molecular complexity index is 299. The highest BCUT2D eigenvalue weighted by Gasteiger charge is 2.20. The highest BCUT2D eigenvalue weighted by Crippen LogP contribution is 2.17. The summed E-state index contributed by atoms with van der Waals surface area (Å²) in [6, 6.07) is 10.6. The van der Waals surface area contributed by atoms with Gasteiger partial charge in [0.15, 0.2) is 0 Å². The summed E-state index contributed by atoms with van der Waals surface area (Å²) in [6.07, 6.45) is 4.42. The zero-order chi connectivity index (χ0) is 11.2. The van der Waals surface area contributed by atoms with Gasteiger partial charge in [-0.15, -0.1) is 0 Å². The standard InChI is InChI=1S/C14H21NO/c1-12-7-8-14(16-12)11-15-10-9-13-5-3-2-4-6-13/h2-6,12,14-15H,7-11H2,1H3. The molecule has 0 bridgehead atoms. The van der Waals surface area contributed by atoms with E-state index in [0.29, 0.717) is 12.2 Å². The van der Waals surface area contributed by atoms with Crippen LogP contribution in [0.2, 0.25) is 0 Å². The summed E-state index contributed by atoms with van der Waals surface area (Å²) in [5.74, 6) is 0. The van der Waals surface area contributed by atoms with Crippen LogP contribution in [-0.4, -0.2) is 25.3 Å². The third-order valence-electron chi connectivity index (χ3n) is 3.13. The van der Waals surface area contributed by atoms with E-state index < -0.39 is 0 Å². The summed E-state index contributed by atoms with van der Waals surface area (Å²) in [5, 5.41) is 3.47. The molecule has 1 N–H and O–H groups in total. The molecular formula is C14H21NO. The number of hydrogen-bond donors (Lipinski definition) is 1. The van der Waals surface area contributed by atoms with Gasteiger partial charge in [0, 0.05) is 6.54 Å². The molecule has 0 spiro atoms. The van der Waals surface area contributed by atoms with Crippen molar-refractivity contribution in [2.24, 2.45) is 0 Å². The van der Waals surface area contributed by atoms with Gasteiger partial charge in [-0.25, -0.2) is 0 Å². The van der Waals surface area contributed by atoms with Gasteiger partial charge < -0.3 is 10.1 Å². The Morgan fingerprint density at radius 2 is 2.06 bits per heavy atom. The van der Waals surface area contributed by atoms with Crippen molar-refractivity contribution in [3.8, 4) is 0 Å². The van der Waals surface area contributed by atoms with Gasteiger partial charge in [-0.1, -0.05) is 30.3 Å². The lowest BCUT2D eigenvalue weighted by molar-refractivity contribution is 0.0562. The number of nitrogens with one attached hydrogen (secondary N) is 1. The molecule has 1 aliphatic heterocycles. The molecule has 1 saturated heterocycles. The van der Waals surface area contributed by atoms with E-state index in [9.17, 15) is 0 Å². The van der Waals surface area contributed by atoms with E-state index in [0.717, 1.165) is 19.5 Å². The number of rotatable bonds is 5. The average Bonchev–Trinajstić information content (AvgIpc) is 2.72. The Hall–Kier alpha value is -0.860. The first kappa shape index (κ1) is 11.6. The van der Waals surface area contributed by atoms with Crippen molar-refractivity contribution in [1.82, 2.24) is 5.32 Å². The molecule has 0 aliphatic carbocycles. The minimum absolute atomic E-state index is 0.436. The Morgan fingerprint density at radius 3 is 2.75 bits per heavy atom. The molecule has 16 heavy (non-hydrogen) atoms. The van der Waals surface area contributed by atoms with Crippen molar-refractivity contribution in [2.75, 3.05) is 13.1 Å². The van der Waals surface area contributed by atoms with Gasteiger partial charge in [-0.2, -0.15) is 0 Å². The Balaban J connectivity index is 1.59. The SMILES string of the molecule is CC1CCC(CNCCc2ccccc2)O1. The number of benzene rings is 1. The molecule has 1 aliphatic rings. The molecule has 1 fully saturated rings. The van der Waals surface area contributed by atoms with Gasteiger partial charge in [0.2, 0.25) is 0 Å². The summed E-state index contributed by atoms with van der Waals surface area (Å²) in [4.78, 5) is 0. The summed E-state index contributed by atoms with van der Waals surface area (Å²) in [5.41, 5.74) is 1.40. The van der Waals surface area contributed by atoms with Crippen molar-refractivity contribution in [2.45, 2.75) is 38.4 Å². The lowest BCUT2D eigenvalue weighted by atomic mass is 10.1. The molecule has 88 valence electrons. The highest BCUT2D eigenvalue weighted by atomic mass is 16.5. The Labute approximate surface area is 98.0 Å². The van der Waals surface area contributed by atoms with Crippen LogP contribution in [0.4, 0.5) is 0 Å². The molecule has 0 radical (unpaired) electrons. The fraction of sp³-hybridized carbons (Fsp3) is 0.571. The number of hydrogen-bond acceptors (Lipinski definition) is 2. The molecule has 1 aromatic carbocycles. The zero-order valence-electron chi connectivity index (χ0n) is 9.99. The van der Waals surface area contributed by atoms with Crippen LogP contribution in [0.15, 0.2) is 30.3 Å². The lowest BCUT2D eigenvalue weighted by Gasteiger charge is -2.12. The fourth-order valence-electron chi connectivity index (χ4n) is 2.18. The normalized spacial score (nSPS) is 24.8. The first-order valence-corrected chi connectivity index (χ1v) is 6.24. The molecule has 2 atom stereocenters. The van der Waals surface area contributed by atoms with E-state index in [1.165, 1.54) is 18.4 Å². The third-order valence-corrected chi connectivity index (χ3v) is 3.13. The van der Waals surface area contributed by atoms with E-state index in [-0.39, 0.29) is 0 Å². The van der Waals surface area contributed by atoms with Crippen LogP contribution in [-0.2, 0) is 11.2 Å². The zero-order valence-corrected chi connectivity index (χ0v) is 9.99. The molecule has 2 heteroatoms. The van der Waals surface area contributed by atoms with Crippen molar-refractivity contribution in [3.05, 3.63) is 35.9 Å². The van der Waals surface area contributed by atoms with E-state index >= 15 is 0 Å². The minimum atomic E-state index is 0.436. The molecule has 0 amide bonds. The average molecular weight is 219 g/mol. The first-order valence-electron chi connectivity index (χ1n) is 6.24. The predicted octanol–water partition coefficient (Wildman–Crippen LogP) is 2.39. The van der Waals surface area contributed by atoms with Gasteiger partial charge in [-0.05, 0) is 38.3 Å². The molecule has 2 unspecified atom stereocenters. The molecule has 1 heterocycles. The maximum absolute atomic E-state index is 5.75. The van der Waals surface area contributed by atoms with E-state index in [1.807, 2.05) is 0 Å². The monoisotopic (exact) mass is 219 g/mol. The van der Waals surface area contributed by atoms with E-state index in [2.05, 4.69) is 42.6 Å². The second-order valence-corrected chi connectivity index (χ2v) is 4.59. The first-order chi connectivity index (χ1) is 7.84. The molecule has 2 nitrogen and oxygen atoms in total. The quantitative estimate of drug-likeness (QED) is 0.768. The van der Waals surface area contributed by atoms with E-state index in [1.54, 1.807) is 0 Å². The second kappa shape index (κ2) is 6.02. The molecular weight excluding hydrogens is 198 g/mol. The number of ether oxygens (including phenoxy) is 1. The Morgan fingerprint density at radius 1 is 1.25 bits per heavy atom. The van der Waals surface area contributed by atoms with Gasteiger partial charge in [-0.3, -0.25) is 0 Å².